The van der Waals surface area contributed by atoms with Gasteiger partial charge in [0.25, 0.3) is 0 Å². The number of fused-ring (bicyclic) bond motifs is 1. The fourth-order valence-electron chi connectivity index (χ4n) is 3.81. The first kappa shape index (κ1) is 17.5. The van der Waals surface area contributed by atoms with Gasteiger partial charge >= 0.3 is 0 Å². The summed E-state index contributed by atoms with van der Waals surface area (Å²) in [6.45, 7) is 1.86. The first-order chi connectivity index (χ1) is 12.9. The summed E-state index contributed by atoms with van der Waals surface area (Å²) in [6.07, 6.45) is 0. The highest BCUT2D eigenvalue weighted by Gasteiger charge is 2.31. The van der Waals surface area contributed by atoms with Gasteiger partial charge in [-0.15, -0.1) is 0 Å². The molecular formula is C21H9BrCl2O2S. The van der Waals surface area contributed by atoms with Crippen molar-refractivity contribution in [2.75, 3.05) is 0 Å². The van der Waals surface area contributed by atoms with Crippen molar-refractivity contribution in [3.8, 4) is 0 Å². The molecule has 0 saturated heterocycles. The molecule has 0 amide bonds. The van der Waals surface area contributed by atoms with Gasteiger partial charge < -0.3 is 0 Å². The summed E-state index contributed by atoms with van der Waals surface area (Å²) in [5.41, 5.74) is 1.30. The summed E-state index contributed by atoms with van der Waals surface area (Å²) in [5.74, 6) is -0.123. The third-order valence-corrected chi connectivity index (χ3v) is 7.27. The third kappa shape index (κ3) is 2.34. The van der Waals surface area contributed by atoms with Gasteiger partial charge in [0.15, 0.2) is 5.43 Å². The maximum atomic E-state index is 13.2. The topological polar surface area (TPSA) is 34.1 Å². The maximum absolute atomic E-state index is 13.2. The van der Waals surface area contributed by atoms with Crippen LogP contribution < -0.4 is 10.6 Å². The molecule has 4 aromatic rings. The zero-order valence-corrected chi connectivity index (χ0v) is 17.7. The first-order valence-electron chi connectivity index (χ1n) is 8.11. The van der Waals surface area contributed by atoms with E-state index in [0.29, 0.717) is 31.1 Å². The molecule has 0 N–H and O–H groups in total. The Balaban J connectivity index is 1.97. The van der Waals surface area contributed by atoms with Crippen molar-refractivity contribution in [1.29, 1.82) is 0 Å². The van der Waals surface area contributed by atoms with E-state index in [1.54, 1.807) is 24.3 Å². The number of hydrogen-bond donors (Lipinski definition) is 0. The molecule has 2 nitrogen and oxygen atoms in total. The average molecular weight is 476 g/mol. The van der Waals surface area contributed by atoms with Crippen molar-refractivity contribution in [3.05, 3.63) is 77.5 Å². The van der Waals surface area contributed by atoms with E-state index in [1.165, 1.54) is 11.8 Å². The second kappa shape index (κ2) is 5.95. The molecule has 0 spiro atoms. The Hall–Kier alpha value is -1.59. The average Bonchev–Trinajstić information content (AvgIpc) is 3.07. The molecular weight excluding hydrogens is 467 g/mol. The maximum Gasteiger partial charge on any atom is 0.201 e. The predicted molar refractivity (Wildman–Crippen MR) is 117 cm³/mol. The number of thioether (sulfide) groups is 1. The van der Waals surface area contributed by atoms with Gasteiger partial charge in [-0.1, -0.05) is 57.0 Å². The van der Waals surface area contributed by atoms with Crippen LogP contribution in [0.2, 0.25) is 10.0 Å². The molecule has 0 aliphatic carbocycles. The van der Waals surface area contributed by atoms with Crippen LogP contribution in [0.1, 0.15) is 15.9 Å². The Morgan fingerprint density at radius 3 is 2.48 bits per heavy atom. The second-order valence-electron chi connectivity index (χ2n) is 6.50. The molecule has 0 atom stereocenters. The molecule has 5 rings (SSSR count). The number of benzene rings is 3. The summed E-state index contributed by atoms with van der Waals surface area (Å²) in [4.78, 5) is 27.6. The Morgan fingerprint density at radius 1 is 0.963 bits per heavy atom. The van der Waals surface area contributed by atoms with Crippen LogP contribution in [0.5, 0.6) is 0 Å². The van der Waals surface area contributed by atoms with Crippen molar-refractivity contribution in [2.45, 2.75) is 11.8 Å². The summed E-state index contributed by atoms with van der Waals surface area (Å²) in [6, 6.07) is 10.7. The minimum Gasteiger partial charge on any atom is -0.289 e. The highest BCUT2D eigenvalue weighted by Crippen LogP contribution is 2.44. The number of carbonyl (C=O) groups is 1. The van der Waals surface area contributed by atoms with Gasteiger partial charge in [0.1, 0.15) is 0 Å². The SMILES string of the molecule is Cc1cc(Cl)cc2c1C(=O)C(=c1c(=O)c3ccc(Cl)c4c(Br)ccc1c43)S2. The van der Waals surface area contributed by atoms with Crippen LogP contribution in [0.25, 0.3) is 26.5 Å². The zero-order valence-electron chi connectivity index (χ0n) is 13.8. The van der Waals surface area contributed by atoms with E-state index in [9.17, 15) is 9.59 Å². The monoisotopic (exact) mass is 474 g/mol. The number of rotatable bonds is 0. The lowest BCUT2D eigenvalue weighted by Gasteiger charge is -2.03. The van der Waals surface area contributed by atoms with Gasteiger partial charge in [-0.05, 0) is 48.2 Å². The van der Waals surface area contributed by atoms with Crippen molar-refractivity contribution >= 4 is 83.1 Å². The number of halogens is 3. The lowest BCUT2D eigenvalue weighted by atomic mass is 10.0. The lowest BCUT2D eigenvalue weighted by Crippen LogP contribution is -2.23. The summed E-state index contributed by atoms with van der Waals surface area (Å²) >= 11 is 17.4. The van der Waals surface area contributed by atoms with Crippen molar-refractivity contribution in [3.63, 3.8) is 0 Å². The first-order valence-corrected chi connectivity index (χ1v) is 10.5. The highest BCUT2D eigenvalue weighted by molar-refractivity contribution is 9.10. The number of hydrogen-bond acceptors (Lipinski definition) is 3. The Kier molecular flexibility index (Phi) is 3.86. The van der Waals surface area contributed by atoms with E-state index in [2.05, 4.69) is 15.9 Å². The third-order valence-electron chi connectivity index (χ3n) is 4.94. The van der Waals surface area contributed by atoms with Crippen molar-refractivity contribution in [2.24, 2.45) is 0 Å². The Bertz CT molecular complexity index is 1420. The van der Waals surface area contributed by atoms with Crippen LogP contribution in [0.15, 0.2) is 50.6 Å². The molecule has 27 heavy (non-hydrogen) atoms. The summed E-state index contributed by atoms with van der Waals surface area (Å²) in [7, 11) is 0. The standard InChI is InChI=1S/C21H9BrCl2O2S/c1-8-6-9(23)7-14-15(8)20(26)21(27-14)17-10-2-4-12(22)18-13(24)5-3-11(16(10)18)19(17)25/h2-7H,1H3. The molecule has 0 fully saturated rings. The molecule has 0 radical (unpaired) electrons. The molecule has 0 unspecified atom stereocenters. The van der Waals surface area contributed by atoms with Crippen molar-refractivity contribution in [1.82, 2.24) is 0 Å². The van der Waals surface area contributed by atoms with Crippen LogP contribution in [-0.4, -0.2) is 5.78 Å². The molecule has 6 heteroatoms. The van der Waals surface area contributed by atoms with E-state index in [4.69, 9.17) is 23.2 Å². The van der Waals surface area contributed by atoms with Crippen LogP contribution >= 0.6 is 50.9 Å². The smallest absolute Gasteiger partial charge is 0.201 e. The molecule has 0 bridgehead atoms. The minimum atomic E-state index is -0.142. The molecule has 0 saturated carbocycles. The molecule has 132 valence electrons. The predicted octanol–water partition coefficient (Wildman–Crippen LogP) is 5.98. The highest BCUT2D eigenvalue weighted by atomic mass is 79.9. The van der Waals surface area contributed by atoms with Crippen molar-refractivity contribution < 1.29 is 4.79 Å². The van der Waals surface area contributed by atoms with Crippen LogP contribution in [0.3, 0.4) is 0 Å². The van der Waals surface area contributed by atoms with Gasteiger partial charge in [0.05, 0.1) is 4.91 Å². The van der Waals surface area contributed by atoms with Gasteiger partial charge in [-0.3, -0.25) is 9.59 Å². The van der Waals surface area contributed by atoms with Crippen LogP contribution in [0, 0.1) is 6.92 Å². The van der Waals surface area contributed by atoms with Gasteiger partial charge in [0, 0.05) is 46.4 Å². The molecule has 1 heterocycles. The normalized spacial score (nSPS) is 15.9. The fourth-order valence-corrected chi connectivity index (χ4v) is 6.33. The fraction of sp³-hybridized carbons (Fsp3) is 0.0476. The van der Waals surface area contributed by atoms with E-state index in [0.717, 1.165) is 31.1 Å². The molecule has 1 aliphatic rings. The number of aryl methyl sites for hydroxylation is 1. The summed E-state index contributed by atoms with van der Waals surface area (Å²) < 4.78 is 0.823. The second-order valence-corrected chi connectivity index (χ2v) is 9.25. The molecule has 0 aromatic heterocycles. The van der Waals surface area contributed by atoms with E-state index in [1.807, 2.05) is 19.1 Å². The van der Waals surface area contributed by atoms with Crippen LogP contribution in [0.4, 0.5) is 0 Å². The quantitative estimate of drug-likeness (QED) is 0.313. The summed E-state index contributed by atoms with van der Waals surface area (Å²) in [5, 5.41) is 4.52. The molecule has 1 aliphatic heterocycles. The van der Waals surface area contributed by atoms with Gasteiger partial charge in [-0.25, -0.2) is 0 Å². The van der Waals surface area contributed by atoms with Gasteiger partial charge in [0.2, 0.25) is 5.78 Å². The lowest BCUT2D eigenvalue weighted by molar-refractivity contribution is 0.105. The number of carbonyl (C=O) groups excluding carboxylic acids is 1. The Labute approximate surface area is 176 Å². The zero-order chi connectivity index (χ0) is 19.0. The van der Waals surface area contributed by atoms with Crippen LogP contribution in [-0.2, 0) is 0 Å². The molecule has 4 aromatic carbocycles. The number of ketones is 1. The van der Waals surface area contributed by atoms with E-state index >= 15 is 0 Å². The minimum absolute atomic E-state index is 0.123. The van der Waals surface area contributed by atoms with E-state index in [-0.39, 0.29) is 11.2 Å². The van der Waals surface area contributed by atoms with Gasteiger partial charge in [-0.2, -0.15) is 0 Å². The van der Waals surface area contributed by atoms with E-state index < -0.39 is 0 Å². The number of Topliss-reactive ketones (excluding diaryl/α,β-unsaturated/α-hetero) is 1. The Morgan fingerprint density at radius 2 is 1.70 bits per heavy atom. The largest absolute Gasteiger partial charge is 0.289 e.